The van der Waals surface area contributed by atoms with Crippen molar-refractivity contribution in [3.8, 4) is 0 Å². The maximum atomic E-state index is 12.8. The van der Waals surface area contributed by atoms with E-state index >= 15 is 0 Å². The van der Waals surface area contributed by atoms with Crippen molar-refractivity contribution < 1.29 is 34.8 Å². The maximum absolute atomic E-state index is 12.8. The van der Waals surface area contributed by atoms with Crippen molar-refractivity contribution in [2.24, 2.45) is 0 Å². The minimum Gasteiger partial charge on any atom is -0.278 e. The number of rotatable bonds is 3. The Kier molecular flexibility index (Phi) is 5.42. The molecule has 0 spiro atoms. The number of halogens is 8. The average molecular weight is 438 g/mol. The number of hydrogen-bond acceptors (Lipinski definition) is 2. The van der Waals surface area contributed by atoms with Crippen LogP contribution >= 0.6 is 23.2 Å². The van der Waals surface area contributed by atoms with Crippen LogP contribution in [-0.4, -0.2) is 8.42 Å². The zero-order chi connectivity index (χ0) is 19.9. The molecule has 0 aliphatic rings. The van der Waals surface area contributed by atoms with Crippen molar-refractivity contribution in [2.75, 3.05) is 4.72 Å². The van der Waals surface area contributed by atoms with Crippen molar-refractivity contribution in [3.05, 3.63) is 57.6 Å². The van der Waals surface area contributed by atoms with Gasteiger partial charge in [-0.2, -0.15) is 26.3 Å². The Morgan fingerprint density at radius 1 is 0.808 bits per heavy atom. The molecule has 0 heterocycles. The van der Waals surface area contributed by atoms with Crippen LogP contribution in [0.2, 0.25) is 10.0 Å². The molecule has 0 aromatic heterocycles. The van der Waals surface area contributed by atoms with E-state index in [0.29, 0.717) is 18.2 Å². The quantitative estimate of drug-likeness (QED) is 0.613. The molecule has 0 saturated heterocycles. The predicted molar refractivity (Wildman–Crippen MR) is 83.7 cm³/mol. The first-order valence-corrected chi connectivity index (χ1v) is 8.72. The average Bonchev–Trinajstić information content (AvgIpc) is 2.47. The summed E-state index contributed by atoms with van der Waals surface area (Å²) in [7, 11) is -4.66. The van der Waals surface area contributed by atoms with Crippen LogP contribution in [0, 0.1) is 0 Å². The van der Waals surface area contributed by atoms with E-state index in [9.17, 15) is 34.8 Å². The van der Waals surface area contributed by atoms with E-state index in [-0.39, 0.29) is 11.1 Å². The topological polar surface area (TPSA) is 46.2 Å². The van der Waals surface area contributed by atoms with Crippen LogP contribution in [0.1, 0.15) is 11.1 Å². The monoisotopic (exact) mass is 437 g/mol. The van der Waals surface area contributed by atoms with Gasteiger partial charge in [-0.15, -0.1) is 0 Å². The number of nitrogens with one attached hydrogen (secondary N) is 1. The zero-order valence-corrected chi connectivity index (χ0v) is 14.5. The van der Waals surface area contributed by atoms with E-state index in [1.807, 2.05) is 0 Å². The molecule has 12 heteroatoms. The largest absolute Gasteiger partial charge is 0.417 e. The highest BCUT2D eigenvalue weighted by atomic mass is 35.5. The zero-order valence-electron chi connectivity index (χ0n) is 12.2. The third kappa shape index (κ3) is 4.54. The molecule has 0 atom stereocenters. The number of alkyl halides is 6. The lowest BCUT2D eigenvalue weighted by atomic mass is 10.2. The Bertz CT molecular complexity index is 941. The molecule has 2 aromatic rings. The van der Waals surface area contributed by atoms with Gasteiger partial charge in [0.05, 0.1) is 31.8 Å². The molecule has 0 saturated carbocycles. The lowest BCUT2D eigenvalue weighted by Crippen LogP contribution is -2.16. The second kappa shape index (κ2) is 6.82. The Morgan fingerprint density at radius 2 is 1.38 bits per heavy atom. The standard InChI is InChI=1S/C14H7Cl2F6NO2S/c15-10-4-2-8(6-9(10)14(20,21)22)26(24,25)23-12-5-7(13(17,18)19)1-3-11(12)16/h1-6,23H. The van der Waals surface area contributed by atoms with Gasteiger partial charge in [0, 0.05) is 0 Å². The predicted octanol–water partition coefficient (Wildman–Crippen LogP) is 5.83. The molecule has 0 radical (unpaired) electrons. The van der Waals surface area contributed by atoms with Crippen molar-refractivity contribution in [1.82, 2.24) is 0 Å². The summed E-state index contributed by atoms with van der Waals surface area (Å²) in [6.45, 7) is 0. The fourth-order valence-electron chi connectivity index (χ4n) is 1.87. The molecular weight excluding hydrogens is 431 g/mol. The van der Waals surface area contributed by atoms with Gasteiger partial charge in [-0.1, -0.05) is 23.2 Å². The molecule has 0 aliphatic carbocycles. The fraction of sp³-hybridized carbons (Fsp3) is 0.143. The SMILES string of the molecule is O=S(=O)(Nc1cc(C(F)(F)F)ccc1Cl)c1ccc(Cl)c(C(F)(F)F)c1. The first-order chi connectivity index (χ1) is 11.7. The normalized spacial score (nSPS) is 12.9. The summed E-state index contributed by atoms with van der Waals surface area (Å²) in [6.07, 6.45) is -9.69. The molecule has 3 nitrogen and oxygen atoms in total. The van der Waals surface area contributed by atoms with Gasteiger partial charge in [0.15, 0.2) is 0 Å². The van der Waals surface area contributed by atoms with E-state index in [4.69, 9.17) is 23.2 Å². The smallest absolute Gasteiger partial charge is 0.278 e. The molecule has 142 valence electrons. The number of sulfonamides is 1. The summed E-state index contributed by atoms with van der Waals surface area (Å²) in [5, 5.41) is -1.10. The van der Waals surface area contributed by atoms with E-state index in [1.165, 1.54) is 0 Å². The highest BCUT2D eigenvalue weighted by Gasteiger charge is 2.35. The Morgan fingerprint density at radius 3 is 1.92 bits per heavy atom. The highest BCUT2D eigenvalue weighted by Crippen LogP contribution is 2.37. The third-order valence-electron chi connectivity index (χ3n) is 3.09. The van der Waals surface area contributed by atoms with Gasteiger partial charge >= 0.3 is 12.4 Å². The first-order valence-electron chi connectivity index (χ1n) is 6.48. The number of benzene rings is 2. The molecule has 0 unspecified atom stereocenters. The summed E-state index contributed by atoms with van der Waals surface area (Å²) in [6, 6.07) is 3.64. The Hall–Kier alpha value is -1.65. The molecule has 0 aliphatic heterocycles. The van der Waals surface area contributed by atoms with Crippen LogP contribution in [-0.2, 0) is 22.4 Å². The lowest BCUT2D eigenvalue weighted by Gasteiger charge is -2.14. The van der Waals surface area contributed by atoms with Crippen LogP contribution < -0.4 is 4.72 Å². The van der Waals surface area contributed by atoms with Crippen LogP contribution in [0.4, 0.5) is 32.0 Å². The first kappa shape index (κ1) is 20.7. The van der Waals surface area contributed by atoms with Crippen LogP contribution in [0.25, 0.3) is 0 Å². The molecule has 0 fully saturated rings. The van der Waals surface area contributed by atoms with E-state index < -0.39 is 49.1 Å². The van der Waals surface area contributed by atoms with Gasteiger partial charge in [-0.25, -0.2) is 8.42 Å². The van der Waals surface area contributed by atoms with Gasteiger partial charge in [0.2, 0.25) is 0 Å². The Balaban J connectivity index is 2.48. The van der Waals surface area contributed by atoms with Crippen LogP contribution in [0.15, 0.2) is 41.3 Å². The molecule has 1 N–H and O–H groups in total. The number of hydrogen-bond donors (Lipinski definition) is 1. The van der Waals surface area contributed by atoms with Gasteiger partial charge < -0.3 is 0 Å². The van der Waals surface area contributed by atoms with E-state index in [1.54, 1.807) is 4.72 Å². The second-order valence-electron chi connectivity index (χ2n) is 4.94. The Labute approximate surface area is 153 Å². The highest BCUT2D eigenvalue weighted by molar-refractivity contribution is 7.92. The van der Waals surface area contributed by atoms with Gasteiger partial charge in [0.25, 0.3) is 10.0 Å². The summed E-state index contributed by atoms with van der Waals surface area (Å²) in [5.41, 5.74) is -3.23. The molecule has 0 bridgehead atoms. The fourth-order valence-corrected chi connectivity index (χ4v) is 3.41. The van der Waals surface area contributed by atoms with E-state index in [2.05, 4.69) is 0 Å². The third-order valence-corrected chi connectivity index (χ3v) is 5.11. The molecule has 2 rings (SSSR count). The maximum Gasteiger partial charge on any atom is 0.417 e. The molecule has 0 amide bonds. The second-order valence-corrected chi connectivity index (χ2v) is 7.43. The van der Waals surface area contributed by atoms with Gasteiger partial charge in [-0.3, -0.25) is 4.72 Å². The summed E-state index contributed by atoms with van der Waals surface area (Å²) >= 11 is 11.1. The van der Waals surface area contributed by atoms with E-state index in [0.717, 1.165) is 12.1 Å². The van der Waals surface area contributed by atoms with Crippen molar-refractivity contribution in [3.63, 3.8) is 0 Å². The minimum atomic E-state index is -4.92. The summed E-state index contributed by atoms with van der Waals surface area (Å²) in [4.78, 5) is -0.845. The van der Waals surface area contributed by atoms with Gasteiger partial charge in [0.1, 0.15) is 0 Å². The van der Waals surface area contributed by atoms with Crippen molar-refractivity contribution >= 4 is 38.9 Å². The summed E-state index contributed by atoms with van der Waals surface area (Å²) < 4.78 is 103. The van der Waals surface area contributed by atoms with Crippen molar-refractivity contribution in [1.29, 1.82) is 0 Å². The molecule has 26 heavy (non-hydrogen) atoms. The molecule has 2 aromatic carbocycles. The van der Waals surface area contributed by atoms with Crippen molar-refractivity contribution in [2.45, 2.75) is 17.2 Å². The lowest BCUT2D eigenvalue weighted by molar-refractivity contribution is -0.138. The molecular formula is C14H7Cl2F6NO2S. The van der Waals surface area contributed by atoms with Crippen LogP contribution in [0.3, 0.4) is 0 Å². The minimum absolute atomic E-state index is 0.270. The van der Waals surface area contributed by atoms with Gasteiger partial charge in [-0.05, 0) is 36.4 Å². The number of anilines is 1. The summed E-state index contributed by atoms with van der Waals surface area (Å²) in [5.74, 6) is 0. The van der Waals surface area contributed by atoms with Crippen LogP contribution in [0.5, 0.6) is 0 Å².